The molecule has 1 aliphatic heterocycles. The van der Waals surface area contributed by atoms with Gasteiger partial charge in [0.15, 0.2) is 11.6 Å². The minimum Gasteiger partial charge on any atom is -0.390 e. The third-order valence-electron chi connectivity index (χ3n) is 4.21. The third-order valence-corrected chi connectivity index (χ3v) is 4.44. The molecule has 0 bridgehead atoms. The van der Waals surface area contributed by atoms with Crippen molar-refractivity contribution in [1.82, 2.24) is 10.1 Å². The summed E-state index contributed by atoms with van der Waals surface area (Å²) in [6.07, 6.45) is 2.03. The smallest absolute Gasteiger partial charge is 0.323 e. The van der Waals surface area contributed by atoms with E-state index in [1.807, 2.05) is 19.1 Å². The van der Waals surface area contributed by atoms with Crippen molar-refractivity contribution in [2.45, 2.75) is 31.8 Å². The molecule has 3 rings (SSSR count). The van der Waals surface area contributed by atoms with Gasteiger partial charge in [0.05, 0.1) is 5.60 Å². The Morgan fingerprint density at radius 1 is 1.38 bits per heavy atom. The lowest BCUT2D eigenvalue weighted by molar-refractivity contribution is 0.0458. The van der Waals surface area contributed by atoms with Gasteiger partial charge in [0.25, 0.3) is 0 Å². The lowest BCUT2D eigenvalue weighted by atomic mass is 9.98. The van der Waals surface area contributed by atoms with E-state index in [0.29, 0.717) is 42.5 Å². The fourth-order valence-corrected chi connectivity index (χ4v) is 2.96. The van der Waals surface area contributed by atoms with Crippen molar-refractivity contribution in [3.63, 3.8) is 0 Å². The van der Waals surface area contributed by atoms with Crippen LogP contribution in [0.1, 0.15) is 26.2 Å². The minimum atomic E-state index is -0.706. The highest BCUT2D eigenvalue weighted by atomic mass is 35.5. The maximum Gasteiger partial charge on any atom is 0.323 e. The minimum absolute atomic E-state index is 0.237. The first-order valence-electron chi connectivity index (χ1n) is 7.94. The summed E-state index contributed by atoms with van der Waals surface area (Å²) in [7, 11) is 0. The van der Waals surface area contributed by atoms with E-state index in [1.54, 1.807) is 23.1 Å². The molecule has 1 aromatic carbocycles. The number of nitrogens with zero attached hydrogens (tertiary/aromatic N) is 2. The number of rotatable bonds is 2. The fraction of sp³-hybridized carbons (Fsp3) is 0.412. The zero-order valence-electron chi connectivity index (χ0n) is 13.5. The summed E-state index contributed by atoms with van der Waals surface area (Å²) in [4.78, 5) is 14.1. The number of aromatic nitrogens is 1. The number of carbonyl (C=O) groups is 1. The molecule has 1 aromatic heterocycles. The van der Waals surface area contributed by atoms with Crippen LogP contribution in [0.3, 0.4) is 0 Å². The van der Waals surface area contributed by atoms with E-state index in [4.69, 9.17) is 16.1 Å². The summed E-state index contributed by atoms with van der Waals surface area (Å²) >= 11 is 5.97. The summed E-state index contributed by atoms with van der Waals surface area (Å²) in [6.45, 7) is 2.93. The Morgan fingerprint density at radius 2 is 2.21 bits per heavy atom. The van der Waals surface area contributed by atoms with Crippen LogP contribution < -0.4 is 5.32 Å². The highest BCUT2D eigenvalue weighted by Gasteiger charge is 2.27. The molecule has 2 N–H and O–H groups in total. The standard InChI is InChI=1S/C17H20ClN3O3/c1-17(23)6-3-8-21(9-7-17)16(22)19-15-11-14(24-20-15)12-4-2-5-13(18)10-12/h2,4-5,10-11,23H,3,6-9H2,1H3,(H,19,20,22)/t17-/m0/s1. The predicted molar refractivity (Wildman–Crippen MR) is 92.0 cm³/mol. The Bertz CT molecular complexity index is 729. The second-order valence-corrected chi connectivity index (χ2v) is 6.79. The van der Waals surface area contributed by atoms with Gasteiger partial charge in [0.1, 0.15) is 0 Å². The Labute approximate surface area is 145 Å². The number of urea groups is 1. The van der Waals surface area contributed by atoms with Crippen LogP contribution >= 0.6 is 11.6 Å². The van der Waals surface area contributed by atoms with Gasteiger partial charge < -0.3 is 14.5 Å². The Balaban J connectivity index is 1.65. The number of aliphatic hydroxyl groups is 1. The van der Waals surface area contributed by atoms with Crippen molar-refractivity contribution in [3.8, 4) is 11.3 Å². The van der Waals surface area contributed by atoms with Crippen molar-refractivity contribution in [2.75, 3.05) is 18.4 Å². The molecule has 1 saturated heterocycles. The number of likely N-dealkylation sites (tertiary alicyclic amines) is 1. The number of benzene rings is 1. The molecule has 24 heavy (non-hydrogen) atoms. The lowest BCUT2D eigenvalue weighted by Crippen LogP contribution is -2.36. The van der Waals surface area contributed by atoms with Crippen molar-refractivity contribution in [3.05, 3.63) is 35.4 Å². The molecule has 6 nitrogen and oxygen atoms in total. The van der Waals surface area contributed by atoms with E-state index in [9.17, 15) is 9.90 Å². The summed E-state index contributed by atoms with van der Waals surface area (Å²) in [5, 5.41) is 17.3. The van der Waals surface area contributed by atoms with E-state index in [-0.39, 0.29) is 6.03 Å². The van der Waals surface area contributed by atoms with Crippen LogP contribution in [0.15, 0.2) is 34.9 Å². The molecule has 1 fully saturated rings. The Kier molecular flexibility index (Phi) is 4.78. The molecule has 2 heterocycles. The molecular weight excluding hydrogens is 330 g/mol. The maximum atomic E-state index is 12.4. The van der Waals surface area contributed by atoms with Crippen LogP contribution in [0.2, 0.25) is 5.02 Å². The average molecular weight is 350 g/mol. The molecule has 0 aliphatic carbocycles. The number of amides is 2. The zero-order valence-corrected chi connectivity index (χ0v) is 14.2. The van der Waals surface area contributed by atoms with Crippen LogP contribution in [0.5, 0.6) is 0 Å². The van der Waals surface area contributed by atoms with Gasteiger partial charge in [-0.15, -0.1) is 0 Å². The monoisotopic (exact) mass is 349 g/mol. The number of hydrogen-bond donors (Lipinski definition) is 2. The molecule has 2 aromatic rings. The Hall–Kier alpha value is -2.05. The lowest BCUT2D eigenvalue weighted by Gasteiger charge is -2.22. The van der Waals surface area contributed by atoms with Crippen LogP contribution in [-0.4, -0.2) is 39.9 Å². The van der Waals surface area contributed by atoms with Crippen LogP contribution in [0, 0.1) is 0 Å². The van der Waals surface area contributed by atoms with E-state index < -0.39 is 5.60 Å². The molecule has 128 valence electrons. The van der Waals surface area contributed by atoms with Gasteiger partial charge in [0, 0.05) is 29.7 Å². The molecule has 0 radical (unpaired) electrons. The molecule has 1 aliphatic rings. The van der Waals surface area contributed by atoms with Gasteiger partial charge in [-0.3, -0.25) is 5.32 Å². The number of carbonyl (C=O) groups excluding carboxylic acids is 1. The second kappa shape index (κ2) is 6.83. The number of hydrogen-bond acceptors (Lipinski definition) is 4. The molecule has 0 saturated carbocycles. The number of halogens is 1. The van der Waals surface area contributed by atoms with Gasteiger partial charge in [-0.25, -0.2) is 4.79 Å². The number of anilines is 1. The fourth-order valence-electron chi connectivity index (χ4n) is 2.77. The van der Waals surface area contributed by atoms with E-state index in [1.165, 1.54) is 0 Å². The average Bonchev–Trinajstić information content (AvgIpc) is 2.90. The van der Waals surface area contributed by atoms with Crippen LogP contribution in [-0.2, 0) is 0 Å². The SMILES string of the molecule is C[C@]1(O)CCCN(C(=O)Nc2cc(-c3cccc(Cl)c3)on2)CC1. The van der Waals surface area contributed by atoms with E-state index >= 15 is 0 Å². The number of nitrogens with one attached hydrogen (secondary N) is 1. The molecular formula is C17H20ClN3O3. The first-order valence-corrected chi connectivity index (χ1v) is 8.32. The molecule has 2 amide bonds. The predicted octanol–water partition coefficient (Wildman–Crippen LogP) is 3.76. The topological polar surface area (TPSA) is 78.6 Å². The highest BCUT2D eigenvalue weighted by molar-refractivity contribution is 6.30. The first kappa shape index (κ1) is 16.8. The van der Waals surface area contributed by atoms with Crippen molar-refractivity contribution < 1.29 is 14.4 Å². The van der Waals surface area contributed by atoms with Crippen molar-refractivity contribution in [1.29, 1.82) is 0 Å². The van der Waals surface area contributed by atoms with Crippen LogP contribution in [0.25, 0.3) is 11.3 Å². The van der Waals surface area contributed by atoms with Crippen molar-refractivity contribution in [2.24, 2.45) is 0 Å². The normalized spacial score (nSPS) is 21.4. The zero-order chi connectivity index (χ0) is 17.2. The first-order chi connectivity index (χ1) is 11.4. The summed E-state index contributed by atoms with van der Waals surface area (Å²) in [6, 6.07) is 8.65. The molecule has 7 heteroatoms. The molecule has 0 unspecified atom stereocenters. The largest absolute Gasteiger partial charge is 0.390 e. The molecule has 1 atom stereocenters. The quantitative estimate of drug-likeness (QED) is 0.865. The second-order valence-electron chi connectivity index (χ2n) is 6.35. The van der Waals surface area contributed by atoms with Crippen molar-refractivity contribution >= 4 is 23.4 Å². The summed E-state index contributed by atoms with van der Waals surface area (Å²) in [5.41, 5.74) is 0.0872. The van der Waals surface area contributed by atoms with Gasteiger partial charge in [0.2, 0.25) is 0 Å². The summed E-state index contributed by atoms with van der Waals surface area (Å²) < 4.78 is 5.27. The van der Waals surface area contributed by atoms with Gasteiger partial charge in [-0.2, -0.15) is 0 Å². The third kappa shape index (κ3) is 4.07. The highest BCUT2D eigenvalue weighted by Crippen LogP contribution is 2.26. The Morgan fingerprint density at radius 3 is 3.00 bits per heavy atom. The van der Waals surface area contributed by atoms with Crippen LogP contribution in [0.4, 0.5) is 10.6 Å². The molecule has 0 spiro atoms. The van der Waals surface area contributed by atoms with E-state index in [0.717, 1.165) is 12.0 Å². The maximum absolute atomic E-state index is 12.4. The van der Waals surface area contributed by atoms with Gasteiger partial charge in [-0.1, -0.05) is 28.9 Å². The van der Waals surface area contributed by atoms with Gasteiger partial charge >= 0.3 is 6.03 Å². The summed E-state index contributed by atoms with van der Waals surface area (Å²) in [5.74, 6) is 0.887. The van der Waals surface area contributed by atoms with Gasteiger partial charge in [-0.05, 0) is 38.3 Å². The van der Waals surface area contributed by atoms with E-state index in [2.05, 4.69) is 10.5 Å².